The topological polar surface area (TPSA) is 30.9 Å². The number of nitrogen functional groups attached to an aromatic ring is 1. The second-order valence-corrected chi connectivity index (χ2v) is 6.82. The molecule has 0 saturated heterocycles. The first-order valence-electron chi connectivity index (χ1n) is 5.99. The fourth-order valence-electron chi connectivity index (χ4n) is 2.02. The second kappa shape index (κ2) is 5.52. The van der Waals surface area contributed by atoms with Gasteiger partial charge in [0.05, 0.1) is 4.88 Å². The molecule has 2 N–H and O–H groups in total. The minimum atomic E-state index is 0.688. The first-order valence-corrected chi connectivity index (χ1v) is 8.01. The highest BCUT2D eigenvalue weighted by atomic mass is 79.9. The van der Waals surface area contributed by atoms with Crippen LogP contribution in [0.5, 0.6) is 0 Å². The summed E-state index contributed by atoms with van der Waals surface area (Å²) in [5.41, 5.74) is 8.38. The van der Waals surface area contributed by atoms with Crippen molar-refractivity contribution >= 4 is 45.3 Å². The molecule has 2 aromatic carbocycles. The van der Waals surface area contributed by atoms with Crippen LogP contribution in [0.15, 0.2) is 59.1 Å². The largest absolute Gasteiger partial charge is 0.384 e. The van der Waals surface area contributed by atoms with Crippen LogP contribution in [0.25, 0.3) is 16.1 Å². The molecule has 0 spiro atoms. The van der Waals surface area contributed by atoms with Gasteiger partial charge in [0.1, 0.15) is 5.82 Å². The molecule has 1 aromatic heterocycles. The Bertz CT molecular complexity index is 789. The highest BCUT2D eigenvalue weighted by molar-refractivity contribution is 9.10. The standard InChI is InChI=1S/C15H11BrN2S2/c16-11-6-8-12(9-7-11)18-14(17)13(20-15(18)19)10-4-2-1-3-5-10/h1-9H,17H2. The Kier molecular flexibility index (Phi) is 3.74. The molecule has 1 heterocycles. The molecule has 0 saturated carbocycles. The lowest BCUT2D eigenvalue weighted by atomic mass is 10.2. The zero-order chi connectivity index (χ0) is 14.1. The molecule has 0 atom stereocenters. The summed E-state index contributed by atoms with van der Waals surface area (Å²) in [5, 5.41) is 0. The van der Waals surface area contributed by atoms with Crippen molar-refractivity contribution in [2.24, 2.45) is 0 Å². The molecule has 0 bridgehead atoms. The summed E-state index contributed by atoms with van der Waals surface area (Å²) in [5.74, 6) is 0.688. The Morgan fingerprint density at radius 1 is 1.00 bits per heavy atom. The van der Waals surface area contributed by atoms with Gasteiger partial charge in [-0.2, -0.15) is 0 Å². The number of hydrogen-bond donors (Lipinski definition) is 1. The van der Waals surface area contributed by atoms with Crippen LogP contribution in [-0.4, -0.2) is 4.57 Å². The van der Waals surface area contributed by atoms with Crippen molar-refractivity contribution in [2.75, 3.05) is 5.73 Å². The van der Waals surface area contributed by atoms with Crippen LogP contribution >= 0.6 is 39.5 Å². The van der Waals surface area contributed by atoms with E-state index in [0.29, 0.717) is 5.82 Å². The van der Waals surface area contributed by atoms with Crippen molar-refractivity contribution in [3.8, 4) is 16.1 Å². The molecule has 2 nitrogen and oxygen atoms in total. The predicted molar refractivity (Wildman–Crippen MR) is 92.0 cm³/mol. The average Bonchev–Trinajstić information content (AvgIpc) is 2.76. The number of aromatic nitrogens is 1. The Labute approximate surface area is 134 Å². The molecule has 0 fully saturated rings. The maximum Gasteiger partial charge on any atom is 0.167 e. The van der Waals surface area contributed by atoms with E-state index >= 15 is 0 Å². The van der Waals surface area contributed by atoms with Gasteiger partial charge in [0.2, 0.25) is 0 Å². The molecule has 5 heteroatoms. The van der Waals surface area contributed by atoms with Crippen LogP contribution in [0.2, 0.25) is 0 Å². The molecule has 0 aliphatic carbocycles. The average molecular weight is 363 g/mol. The minimum absolute atomic E-state index is 0.688. The number of anilines is 1. The van der Waals surface area contributed by atoms with Crippen LogP contribution in [-0.2, 0) is 0 Å². The van der Waals surface area contributed by atoms with E-state index in [1.165, 1.54) is 11.3 Å². The minimum Gasteiger partial charge on any atom is -0.384 e. The van der Waals surface area contributed by atoms with Gasteiger partial charge < -0.3 is 5.73 Å². The first kappa shape index (κ1) is 13.5. The molecule has 0 aliphatic heterocycles. The SMILES string of the molecule is Nc1c(-c2ccccc2)sc(=S)n1-c1ccc(Br)cc1. The van der Waals surface area contributed by atoms with Crippen molar-refractivity contribution in [1.82, 2.24) is 4.57 Å². The number of nitrogens with zero attached hydrogens (tertiary/aromatic N) is 1. The summed E-state index contributed by atoms with van der Waals surface area (Å²) in [6.45, 7) is 0. The van der Waals surface area contributed by atoms with Crippen molar-refractivity contribution in [1.29, 1.82) is 0 Å². The summed E-state index contributed by atoms with van der Waals surface area (Å²) in [4.78, 5) is 1.01. The van der Waals surface area contributed by atoms with Gasteiger partial charge in [0, 0.05) is 10.2 Å². The third-order valence-corrected chi connectivity index (χ3v) is 4.93. The molecule has 3 rings (SSSR count). The Morgan fingerprint density at radius 2 is 1.65 bits per heavy atom. The number of nitrogens with two attached hydrogens (primary N) is 1. The molecule has 0 radical (unpaired) electrons. The Balaban J connectivity index is 2.17. The van der Waals surface area contributed by atoms with Crippen molar-refractivity contribution < 1.29 is 0 Å². The van der Waals surface area contributed by atoms with E-state index in [1.807, 2.05) is 59.2 Å². The van der Waals surface area contributed by atoms with Crippen LogP contribution < -0.4 is 5.73 Å². The van der Waals surface area contributed by atoms with Gasteiger partial charge in [-0.3, -0.25) is 4.57 Å². The quantitative estimate of drug-likeness (QED) is 0.628. The predicted octanol–water partition coefficient (Wildman–Crippen LogP) is 5.28. The van der Waals surface area contributed by atoms with E-state index in [1.54, 1.807) is 0 Å². The number of thiazole rings is 1. The molecule has 0 unspecified atom stereocenters. The number of hydrogen-bond acceptors (Lipinski definition) is 3. The lowest BCUT2D eigenvalue weighted by Crippen LogP contribution is -2.00. The highest BCUT2D eigenvalue weighted by Crippen LogP contribution is 2.35. The molecular formula is C15H11BrN2S2. The molecule has 100 valence electrons. The molecule has 3 aromatic rings. The van der Waals surface area contributed by atoms with Gasteiger partial charge in [0.15, 0.2) is 3.95 Å². The van der Waals surface area contributed by atoms with Gasteiger partial charge in [-0.1, -0.05) is 46.3 Å². The first-order chi connectivity index (χ1) is 9.66. The van der Waals surface area contributed by atoms with E-state index in [4.69, 9.17) is 18.0 Å². The number of halogens is 1. The van der Waals surface area contributed by atoms with Crippen LogP contribution in [0.4, 0.5) is 5.82 Å². The summed E-state index contributed by atoms with van der Waals surface area (Å²) in [6.07, 6.45) is 0. The number of rotatable bonds is 2. The van der Waals surface area contributed by atoms with Gasteiger partial charge in [-0.05, 0) is 42.0 Å². The summed E-state index contributed by atoms with van der Waals surface area (Å²) in [6, 6.07) is 18.0. The lowest BCUT2D eigenvalue weighted by Gasteiger charge is -2.06. The van der Waals surface area contributed by atoms with Gasteiger partial charge in [-0.15, -0.1) is 11.3 Å². The van der Waals surface area contributed by atoms with Crippen LogP contribution in [0.1, 0.15) is 0 Å². The molecule has 0 amide bonds. The molecular weight excluding hydrogens is 352 g/mol. The maximum atomic E-state index is 6.30. The monoisotopic (exact) mass is 362 g/mol. The number of benzene rings is 2. The maximum absolute atomic E-state index is 6.30. The fraction of sp³-hybridized carbons (Fsp3) is 0. The zero-order valence-corrected chi connectivity index (χ0v) is 13.6. The third kappa shape index (κ3) is 2.44. The van der Waals surface area contributed by atoms with E-state index in [-0.39, 0.29) is 0 Å². The third-order valence-electron chi connectivity index (χ3n) is 2.97. The van der Waals surface area contributed by atoms with E-state index in [2.05, 4.69) is 15.9 Å². The fourth-order valence-corrected chi connectivity index (χ4v) is 3.65. The van der Waals surface area contributed by atoms with Gasteiger partial charge in [-0.25, -0.2) is 0 Å². The van der Waals surface area contributed by atoms with Crippen LogP contribution in [0.3, 0.4) is 0 Å². The second-order valence-electron chi connectivity index (χ2n) is 4.26. The van der Waals surface area contributed by atoms with Crippen LogP contribution in [0, 0.1) is 3.95 Å². The summed E-state index contributed by atoms with van der Waals surface area (Å²) >= 11 is 10.4. The Hall–Kier alpha value is -1.43. The van der Waals surface area contributed by atoms with Crippen molar-refractivity contribution in [3.05, 3.63) is 63.0 Å². The normalized spacial score (nSPS) is 10.7. The molecule has 20 heavy (non-hydrogen) atoms. The summed E-state index contributed by atoms with van der Waals surface area (Å²) in [7, 11) is 0. The molecule has 0 aliphatic rings. The van der Waals surface area contributed by atoms with Gasteiger partial charge in [0.25, 0.3) is 0 Å². The lowest BCUT2D eigenvalue weighted by molar-refractivity contribution is 1.08. The zero-order valence-electron chi connectivity index (χ0n) is 10.4. The van der Waals surface area contributed by atoms with Crippen molar-refractivity contribution in [2.45, 2.75) is 0 Å². The summed E-state index contributed by atoms with van der Waals surface area (Å²) < 4.78 is 3.70. The van der Waals surface area contributed by atoms with Gasteiger partial charge >= 0.3 is 0 Å². The highest BCUT2D eigenvalue weighted by Gasteiger charge is 2.12. The van der Waals surface area contributed by atoms with E-state index < -0.39 is 0 Å². The Morgan fingerprint density at radius 3 is 2.30 bits per heavy atom. The van der Waals surface area contributed by atoms with E-state index in [0.717, 1.165) is 24.6 Å². The van der Waals surface area contributed by atoms with E-state index in [9.17, 15) is 0 Å². The smallest absolute Gasteiger partial charge is 0.167 e. The van der Waals surface area contributed by atoms with Crippen molar-refractivity contribution in [3.63, 3.8) is 0 Å².